The van der Waals surface area contributed by atoms with Gasteiger partial charge in [-0.05, 0) is 23.0 Å². The summed E-state index contributed by atoms with van der Waals surface area (Å²) in [6.07, 6.45) is 1.53. The van der Waals surface area contributed by atoms with Crippen LogP contribution in [0.3, 0.4) is 0 Å². The molecular weight excluding hydrogens is 278 g/mol. The second-order valence-electron chi connectivity index (χ2n) is 7.71. The fourth-order valence-electron chi connectivity index (χ4n) is 2.30. The third-order valence-electron chi connectivity index (χ3n) is 3.30. The first-order chi connectivity index (χ1) is 9.82. The monoisotopic (exact) mass is 305 g/mol. The van der Waals surface area contributed by atoms with Gasteiger partial charge in [-0.1, -0.05) is 41.5 Å². The van der Waals surface area contributed by atoms with E-state index < -0.39 is 0 Å². The molecule has 0 spiro atoms. The molecule has 0 saturated carbocycles. The van der Waals surface area contributed by atoms with E-state index in [1.165, 1.54) is 20.2 Å². The van der Waals surface area contributed by atoms with Crippen LogP contribution in [0, 0.1) is 5.21 Å². The van der Waals surface area contributed by atoms with Crippen molar-refractivity contribution in [3.8, 4) is 5.75 Å². The lowest BCUT2D eigenvalue weighted by Gasteiger charge is -2.29. The minimum atomic E-state index is -0.339. The van der Waals surface area contributed by atoms with Crippen molar-refractivity contribution in [2.45, 2.75) is 59.3 Å². The van der Waals surface area contributed by atoms with E-state index in [9.17, 15) is 10.0 Å². The number of hydroxylamine groups is 1. The Morgan fingerprint density at radius 2 is 1.50 bits per heavy atom. The maximum atomic E-state index is 11.5. The Hall–Kier alpha value is -1.84. The van der Waals surface area contributed by atoms with Crippen LogP contribution in [-0.2, 0) is 15.6 Å². The number of ether oxygens (including phenoxy) is 1. The Bertz CT molecular complexity index is 563. The van der Waals surface area contributed by atoms with Gasteiger partial charge in [0.2, 0.25) is 0 Å². The van der Waals surface area contributed by atoms with Crippen LogP contribution in [0.2, 0.25) is 0 Å². The van der Waals surface area contributed by atoms with Crippen molar-refractivity contribution in [3.05, 3.63) is 34.0 Å². The van der Waals surface area contributed by atoms with E-state index in [0.717, 1.165) is 21.4 Å². The highest BCUT2D eigenvalue weighted by atomic mass is 16.5. The van der Waals surface area contributed by atoms with Gasteiger partial charge in [-0.25, -0.2) is 4.74 Å². The molecule has 1 rings (SSSR count). The zero-order valence-corrected chi connectivity index (χ0v) is 14.9. The van der Waals surface area contributed by atoms with E-state index in [1.807, 2.05) is 12.1 Å². The van der Waals surface area contributed by atoms with Crippen molar-refractivity contribution in [2.75, 3.05) is 7.05 Å². The van der Waals surface area contributed by atoms with Crippen molar-refractivity contribution in [3.63, 3.8) is 0 Å². The summed E-state index contributed by atoms with van der Waals surface area (Å²) in [5.41, 5.74) is 2.22. The molecule has 0 N–H and O–H groups in total. The zero-order valence-electron chi connectivity index (χ0n) is 14.9. The SMILES string of the molecule is CC(=O)Oc1c(C(C)(C)C)cc(/C=[N+](\C)[O-])cc1C(C)(C)C. The Morgan fingerprint density at radius 3 is 1.77 bits per heavy atom. The molecule has 0 unspecified atom stereocenters. The standard InChI is InChI=1S/C18H27NO3/c1-12(20)22-16-14(17(2,3)4)9-13(11-19(8)21)10-15(16)18(5,6)7/h9-11H,1-8H3/b19-11+. The number of nitrogens with zero attached hydrogens (tertiary/aromatic N) is 1. The first-order valence-electron chi connectivity index (χ1n) is 7.44. The van der Waals surface area contributed by atoms with Gasteiger partial charge in [-0.15, -0.1) is 0 Å². The van der Waals surface area contributed by atoms with Crippen molar-refractivity contribution in [1.29, 1.82) is 0 Å². The van der Waals surface area contributed by atoms with Crippen LogP contribution >= 0.6 is 0 Å². The van der Waals surface area contributed by atoms with Crippen molar-refractivity contribution in [2.24, 2.45) is 0 Å². The highest BCUT2D eigenvalue weighted by Crippen LogP contribution is 2.40. The van der Waals surface area contributed by atoms with Crippen molar-refractivity contribution >= 4 is 12.2 Å². The Morgan fingerprint density at radius 1 is 1.09 bits per heavy atom. The van der Waals surface area contributed by atoms with Gasteiger partial charge in [0.25, 0.3) is 0 Å². The molecule has 0 amide bonds. The molecule has 22 heavy (non-hydrogen) atoms. The number of carbonyl (C=O) groups is 1. The molecule has 0 radical (unpaired) electrons. The quantitative estimate of drug-likeness (QED) is 0.209. The number of benzene rings is 1. The molecule has 0 aliphatic rings. The molecule has 0 atom stereocenters. The highest BCUT2D eigenvalue weighted by molar-refractivity contribution is 5.79. The summed E-state index contributed by atoms with van der Waals surface area (Å²) >= 11 is 0. The van der Waals surface area contributed by atoms with Gasteiger partial charge in [0.15, 0.2) is 6.21 Å². The van der Waals surface area contributed by atoms with E-state index in [0.29, 0.717) is 5.75 Å². The predicted molar refractivity (Wildman–Crippen MR) is 89.9 cm³/mol. The molecule has 0 heterocycles. The lowest BCUT2D eigenvalue weighted by molar-refractivity contribution is -0.416. The number of hydrogen-bond acceptors (Lipinski definition) is 3. The smallest absolute Gasteiger partial charge is 0.308 e. The van der Waals surface area contributed by atoms with Crippen LogP contribution in [-0.4, -0.2) is 24.0 Å². The molecule has 0 aliphatic heterocycles. The molecular formula is C18H27NO3. The fourth-order valence-corrected chi connectivity index (χ4v) is 2.30. The highest BCUT2D eigenvalue weighted by Gasteiger charge is 2.28. The third-order valence-corrected chi connectivity index (χ3v) is 3.30. The second-order valence-corrected chi connectivity index (χ2v) is 7.71. The van der Waals surface area contributed by atoms with E-state index in [4.69, 9.17) is 4.74 Å². The molecule has 0 bridgehead atoms. The summed E-state index contributed by atoms with van der Waals surface area (Å²) in [5, 5.41) is 11.4. The molecule has 0 saturated heterocycles. The summed E-state index contributed by atoms with van der Waals surface area (Å²) in [6, 6.07) is 3.84. The minimum Gasteiger partial charge on any atom is -0.624 e. The summed E-state index contributed by atoms with van der Waals surface area (Å²) in [5.74, 6) is 0.270. The molecule has 1 aromatic rings. The fraction of sp³-hybridized carbons (Fsp3) is 0.556. The van der Waals surface area contributed by atoms with Gasteiger partial charge in [0.1, 0.15) is 12.8 Å². The summed E-state index contributed by atoms with van der Waals surface area (Å²) in [4.78, 5) is 11.5. The van der Waals surface area contributed by atoms with Gasteiger partial charge in [-0.2, -0.15) is 0 Å². The van der Waals surface area contributed by atoms with Gasteiger partial charge in [0.05, 0.1) is 0 Å². The minimum absolute atomic E-state index is 0.212. The van der Waals surface area contributed by atoms with Gasteiger partial charge in [-0.3, -0.25) is 4.79 Å². The molecule has 0 fully saturated rings. The predicted octanol–water partition coefficient (Wildman–Crippen LogP) is 3.77. The van der Waals surface area contributed by atoms with Crippen LogP contribution < -0.4 is 4.74 Å². The number of esters is 1. The van der Waals surface area contributed by atoms with Crippen molar-refractivity contribution in [1.82, 2.24) is 0 Å². The van der Waals surface area contributed by atoms with Crippen LogP contribution in [0.15, 0.2) is 12.1 Å². The number of carbonyl (C=O) groups excluding carboxylic acids is 1. The maximum absolute atomic E-state index is 11.5. The topological polar surface area (TPSA) is 52.4 Å². The second kappa shape index (κ2) is 6.11. The molecule has 1 aromatic carbocycles. The normalized spacial score (nSPS) is 13.2. The number of rotatable bonds is 2. The maximum Gasteiger partial charge on any atom is 0.308 e. The largest absolute Gasteiger partial charge is 0.624 e. The van der Waals surface area contributed by atoms with Crippen LogP contribution in [0.4, 0.5) is 0 Å². The van der Waals surface area contributed by atoms with Gasteiger partial charge < -0.3 is 9.94 Å². The lowest BCUT2D eigenvalue weighted by atomic mass is 9.78. The molecule has 122 valence electrons. The Labute approximate surface area is 133 Å². The first-order valence-corrected chi connectivity index (χ1v) is 7.44. The average molecular weight is 305 g/mol. The van der Waals surface area contributed by atoms with E-state index in [1.54, 1.807) is 0 Å². The van der Waals surface area contributed by atoms with Crippen LogP contribution in [0.5, 0.6) is 5.75 Å². The number of hydrogen-bond donors (Lipinski definition) is 0. The molecule has 0 aromatic heterocycles. The van der Waals surface area contributed by atoms with Crippen molar-refractivity contribution < 1.29 is 14.3 Å². The first kappa shape index (κ1) is 18.2. The van der Waals surface area contributed by atoms with E-state index in [-0.39, 0.29) is 16.8 Å². The van der Waals surface area contributed by atoms with Gasteiger partial charge >= 0.3 is 5.97 Å². The summed E-state index contributed by atoms with van der Waals surface area (Å²) in [6.45, 7) is 13.8. The van der Waals surface area contributed by atoms with Gasteiger partial charge in [0, 0.05) is 23.6 Å². The lowest BCUT2D eigenvalue weighted by Crippen LogP contribution is -2.22. The van der Waals surface area contributed by atoms with E-state index in [2.05, 4.69) is 41.5 Å². The molecule has 4 heteroatoms. The average Bonchev–Trinajstić information content (AvgIpc) is 2.26. The van der Waals surface area contributed by atoms with E-state index >= 15 is 0 Å². The molecule has 0 aliphatic carbocycles. The summed E-state index contributed by atoms with van der Waals surface area (Å²) in [7, 11) is 1.45. The summed E-state index contributed by atoms with van der Waals surface area (Å²) < 4.78 is 6.32. The van der Waals surface area contributed by atoms with Crippen LogP contribution in [0.25, 0.3) is 0 Å². The third kappa shape index (κ3) is 4.58. The Balaban J connectivity index is 3.77. The van der Waals surface area contributed by atoms with Crippen LogP contribution in [0.1, 0.15) is 65.2 Å². The Kier molecular flexibility index (Phi) is 5.06. The zero-order chi connectivity index (χ0) is 17.3. The molecule has 4 nitrogen and oxygen atoms in total.